The topological polar surface area (TPSA) is 29.5 Å². The van der Waals surface area contributed by atoms with E-state index in [0.29, 0.717) is 22.0 Å². The highest BCUT2D eigenvalue weighted by Gasteiger charge is 2.17. The Morgan fingerprint density at radius 3 is 3.05 bits per heavy atom. The van der Waals surface area contributed by atoms with Gasteiger partial charge in [-0.3, -0.25) is 4.79 Å². The van der Waals surface area contributed by atoms with Gasteiger partial charge in [-0.05, 0) is 25.5 Å². The van der Waals surface area contributed by atoms with E-state index >= 15 is 0 Å². The summed E-state index contributed by atoms with van der Waals surface area (Å²) in [5.41, 5.74) is 0.512. The number of carbonyl (C=O) groups is 1. The van der Waals surface area contributed by atoms with Crippen molar-refractivity contribution < 1.29 is 9.53 Å². The summed E-state index contributed by atoms with van der Waals surface area (Å²) in [6.45, 7) is 5.44. The minimum atomic E-state index is 0.0373. The maximum absolute atomic E-state index is 12.2. The number of nitrogens with zero attached hydrogens (tertiary/aromatic N) is 1. The predicted octanol–water partition coefficient (Wildman–Crippen LogP) is 3.68. The number of ether oxygens (including phenoxy) is 1. The van der Waals surface area contributed by atoms with Crippen LogP contribution in [0.5, 0.6) is 0 Å². The lowest BCUT2D eigenvalue weighted by Crippen LogP contribution is -2.32. The van der Waals surface area contributed by atoms with Crippen LogP contribution in [0.2, 0.25) is 10.0 Å². The number of carbonyl (C=O) groups excluding carboxylic acids is 1. The largest absolute Gasteiger partial charge is 0.377 e. The standard InChI is InChI=1S/C15H19Cl2NO2/c1-11-10-18(7-3-9-20-11)8-6-14(19)12-4-2-5-13(16)15(12)17/h2,4-5,11H,3,6-10H2,1H3. The number of hydrogen-bond donors (Lipinski definition) is 0. The van der Waals surface area contributed by atoms with Crippen LogP contribution in [0.1, 0.15) is 30.1 Å². The molecule has 1 aromatic rings. The average Bonchev–Trinajstić information content (AvgIpc) is 2.63. The molecule has 1 atom stereocenters. The van der Waals surface area contributed by atoms with Gasteiger partial charge in [-0.15, -0.1) is 0 Å². The molecule has 2 rings (SSSR count). The second-order valence-corrected chi connectivity index (χ2v) is 5.90. The quantitative estimate of drug-likeness (QED) is 0.794. The van der Waals surface area contributed by atoms with Crippen molar-refractivity contribution in [3.63, 3.8) is 0 Å². The number of ketones is 1. The summed E-state index contributed by atoms with van der Waals surface area (Å²) in [6, 6.07) is 5.17. The average molecular weight is 316 g/mol. The Labute approximate surface area is 129 Å². The van der Waals surface area contributed by atoms with Crippen LogP contribution in [0.25, 0.3) is 0 Å². The van der Waals surface area contributed by atoms with Crippen LogP contribution in [0.3, 0.4) is 0 Å². The molecule has 1 saturated heterocycles. The molecular weight excluding hydrogens is 297 g/mol. The van der Waals surface area contributed by atoms with Gasteiger partial charge < -0.3 is 9.64 Å². The monoisotopic (exact) mass is 315 g/mol. The summed E-state index contributed by atoms with van der Waals surface area (Å²) < 4.78 is 5.59. The molecule has 3 nitrogen and oxygen atoms in total. The van der Waals surface area contributed by atoms with Crippen LogP contribution in [-0.2, 0) is 4.74 Å². The van der Waals surface area contributed by atoms with E-state index in [1.54, 1.807) is 18.2 Å². The first-order chi connectivity index (χ1) is 9.58. The molecule has 0 aliphatic carbocycles. The smallest absolute Gasteiger partial charge is 0.165 e. The zero-order valence-corrected chi connectivity index (χ0v) is 13.1. The Morgan fingerprint density at radius 1 is 1.45 bits per heavy atom. The lowest BCUT2D eigenvalue weighted by atomic mass is 10.1. The number of Topliss-reactive ketones (excluding diaryl/α,β-unsaturated/α-hetero) is 1. The molecule has 0 aromatic heterocycles. The van der Waals surface area contributed by atoms with Crippen LogP contribution in [-0.4, -0.2) is 43.0 Å². The normalized spacial score (nSPS) is 20.6. The van der Waals surface area contributed by atoms with Gasteiger partial charge in [0.25, 0.3) is 0 Å². The summed E-state index contributed by atoms with van der Waals surface area (Å²) in [5.74, 6) is 0.0373. The van der Waals surface area contributed by atoms with Crippen LogP contribution in [0, 0.1) is 0 Å². The first kappa shape index (κ1) is 15.8. The fourth-order valence-corrected chi connectivity index (χ4v) is 2.80. The van der Waals surface area contributed by atoms with Crippen molar-refractivity contribution in [3.8, 4) is 0 Å². The Morgan fingerprint density at radius 2 is 2.25 bits per heavy atom. The van der Waals surface area contributed by atoms with Crippen LogP contribution in [0.4, 0.5) is 0 Å². The second kappa shape index (κ2) is 7.41. The third kappa shape index (κ3) is 4.19. The summed E-state index contributed by atoms with van der Waals surface area (Å²) in [6.07, 6.45) is 1.69. The van der Waals surface area contributed by atoms with E-state index in [1.807, 2.05) is 0 Å². The molecule has 20 heavy (non-hydrogen) atoms. The lowest BCUT2D eigenvalue weighted by molar-refractivity contribution is 0.0668. The summed E-state index contributed by atoms with van der Waals surface area (Å²) >= 11 is 12.0. The molecule has 1 fully saturated rings. The van der Waals surface area contributed by atoms with E-state index in [0.717, 1.165) is 32.7 Å². The maximum atomic E-state index is 12.2. The fourth-order valence-electron chi connectivity index (χ4n) is 2.40. The molecule has 0 saturated carbocycles. The number of hydrogen-bond acceptors (Lipinski definition) is 3. The van der Waals surface area contributed by atoms with Gasteiger partial charge in [-0.25, -0.2) is 0 Å². The molecule has 0 spiro atoms. The van der Waals surface area contributed by atoms with Crippen molar-refractivity contribution in [1.82, 2.24) is 4.90 Å². The highest BCUT2D eigenvalue weighted by atomic mass is 35.5. The zero-order valence-electron chi connectivity index (χ0n) is 11.6. The minimum absolute atomic E-state index is 0.0373. The Hall–Kier alpha value is -0.610. The zero-order chi connectivity index (χ0) is 14.5. The van der Waals surface area contributed by atoms with Crippen molar-refractivity contribution in [3.05, 3.63) is 33.8 Å². The van der Waals surface area contributed by atoms with E-state index < -0.39 is 0 Å². The van der Waals surface area contributed by atoms with E-state index in [-0.39, 0.29) is 11.9 Å². The van der Waals surface area contributed by atoms with E-state index in [2.05, 4.69) is 11.8 Å². The molecule has 1 aliphatic heterocycles. The Balaban J connectivity index is 1.93. The summed E-state index contributed by atoms with van der Waals surface area (Å²) in [4.78, 5) is 14.5. The second-order valence-electron chi connectivity index (χ2n) is 5.11. The number of rotatable bonds is 4. The van der Waals surface area contributed by atoms with Gasteiger partial charge in [0.15, 0.2) is 5.78 Å². The van der Waals surface area contributed by atoms with E-state index in [9.17, 15) is 4.79 Å². The SMILES string of the molecule is CC1CN(CCC(=O)c2cccc(Cl)c2Cl)CCCO1. The van der Waals surface area contributed by atoms with Crippen LogP contribution >= 0.6 is 23.2 Å². The molecule has 0 radical (unpaired) electrons. The third-order valence-corrected chi connectivity index (χ3v) is 4.26. The van der Waals surface area contributed by atoms with Gasteiger partial charge in [-0.2, -0.15) is 0 Å². The molecule has 110 valence electrons. The van der Waals surface area contributed by atoms with Gasteiger partial charge in [0.05, 0.1) is 16.1 Å². The molecule has 1 heterocycles. The summed E-state index contributed by atoms with van der Waals surface area (Å²) in [7, 11) is 0. The first-order valence-electron chi connectivity index (χ1n) is 6.89. The van der Waals surface area contributed by atoms with Crippen molar-refractivity contribution >= 4 is 29.0 Å². The van der Waals surface area contributed by atoms with Crippen molar-refractivity contribution in [1.29, 1.82) is 0 Å². The Bertz CT molecular complexity index is 479. The predicted molar refractivity (Wildman–Crippen MR) is 81.9 cm³/mol. The molecule has 1 aromatic carbocycles. The third-order valence-electron chi connectivity index (χ3n) is 3.44. The van der Waals surface area contributed by atoms with Crippen LogP contribution in [0.15, 0.2) is 18.2 Å². The highest BCUT2D eigenvalue weighted by Crippen LogP contribution is 2.26. The van der Waals surface area contributed by atoms with Gasteiger partial charge in [0, 0.05) is 38.2 Å². The molecule has 0 N–H and O–H groups in total. The number of halogens is 2. The van der Waals surface area contributed by atoms with E-state index in [4.69, 9.17) is 27.9 Å². The lowest BCUT2D eigenvalue weighted by Gasteiger charge is -2.21. The molecule has 0 amide bonds. The molecule has 5 heteroatoms. The van der Waals surface area contributed by atoms with Crippen molar-refractivity contribution in [2.45, 2.75) is 25.9 Å². The van der Waals surface area contributed by atoms with Gasteiger partial charge in [0.1, 0.15) is 0 Å². The van der Waals surface area contributed by atoms with Gasteiger partial charge in [-0.1, -0.05) is 29.3 Å². The maximum Gasteiger partial charge on any atom is 0.165 e. The van der Waals surface area contributed by atoms with Crippen molar-refractivity contribution in [2.75, 3.05) is 26.2 Å². The highest BCUT2D eigenvalue weighted by molar-refractivity contribution is 6.43. The minimum Gasteiger partial charge on any atom is -0.377 e. The Kier molecular flexibility index (Phi) is 5.85. The van der Waals surface area contributed by atoms with Crippen molar-refractivity contribution in [2.24, 2.45) is 0 Å². The van der Waals surface area contributed by atoms with E-state index in [1.165, 1.54) is 0 Å². The molecule has 0 bridgehead atoms. The van der Waals surface area contributed by atoms with Crippen LogP contribution < -0.4 is 0 Å². The van der Waals surface area contributed by atoms with Gasteiger partial charge >= 0.3 is 0 Å². The summed E-state index contributed by atoms with van der Waals surface area (Å²) in [5, 5.41) is 0.779. The first-order valence-corrected chi connectivity index (χ1v) is 7.64. The van der Waals surface area contributed by atoms with Gasteiger partial charge in [0.2, 0.25) is 0 Å². The molecule has 1 unspecified atom stereocenters. The number of benzene rings is 1. The molecule has 1 aliphatic rings. The fraction of sp³-hybridized carbons (Fsp3) is 0.533. The molecular formula is C15H19Cl2NO2.